The van der Waals surface area contributed by atoms with E-state index >= 15 is 0 Å². The summed E-state index contributed by atoms with van der Waals surface area (Å²) in [5, 5.41) is 4.94. The monoisotopic (exact) mass is 547 g/mol. The summed E-state index contributed by atoms with van der Waals surface area (Å²) in [6, 6.07) is 27.3. The van der Waals surface area contributed by atoms with Crippen LogP contribution in [0.2, 0.25) is 0 Å². The molecule has 208 valence electrons. The number of methoxy groups -OCH3 is 1. The van der Waals surface area contributed by atoms with Gasteiger partial charge in [-0.3, -0.25) is 4.90 Å². The van der Waals surface area contributed by atoms with Gasteiger partial charge in [0.25, 0.3) is 0 Å². The summed E-state index contributed by atoms with van der Waals surface area (Å²) >= 11 is 0. The molecule has 0 N–H and O–H groups in total. The fraction of sp³-hybridized carbons (Fsp3) is 0.265. The van der Waals surface area contributed by atoms with E-state index in [1.807, 2.05) is 58.2 Å². The average Bonchev–Trinajstić information content (AvgIpc) is 3.48. The number of ether oxygens (including phenoxy) is 1. The summed E-state index contributed by atoms with van der Waals surface area (Å²) in [5.41, 5.74) is 4.45. The van der Waals surface area contributed by atoms with Crippen molar-refractivity contribution >= 4 is 17.3 Å². The number of benzene rings is 2. The highest BCUT2D eigenvalue weighted by atomic mass is 19.1. The van der Waals surface area contributed by atoms with Crippen LogP contribution in [0.3, 0.4) is 0 Å². The number of hydrogen-bond acceptors (Lipinski definition) is 5. The summed E-state index contributed by atoms with van der Waals surface area (Å²) in [4.78, 5) is 10.6. The molecule has 0 unspecified atom stereocenters. The minimum absolute atomic E-state index is 0.344. The van der Waals surface area contributed by atoms with E-state index in [4.69, 9.17) is 14.8 Å². The fourth-order valence-corrected chi connectivity index (χ4v) is 5.81. The van der Waals surface area contributed by atoms with Gasteiger partial charge in [-0.15, -0.1) is 5.10 Å². The third kappa shape index (κ3) is 5.85. The Labute approximate surface area is 240 Å². The van der Waals surface area contributed by atoms with Crippen LogP contribution in [0.4, 0.5) is 21.7 Å². The Kier molecular flexibility index (Phi) is 7.51. The van der Waals surface area contributed by atoms with Gasteiger partial charge in [-0.1, -0.05) is 44.4 Å². The van der Waals surface area contributed by atoms with Gasteiger partial charge in [-0.2, -0.15) is 4.39 Å². The molecule has 6 nitrogen and oxygen atoms in total. The van der Waals surface area contributed by atoms with Gasteiger partial charge < -0.3 is 4.74 Å². The van der Waals surface area contributed by atoms with Crippen LogP contribution in [0.15, 0.2) is 97.3 Å². The Morgan fingerprint density at radius 2 is 1.66 bits per heavy atom. The van der Waals surface area contributed by atoms with Crippen LogP contribution in [0.1, 0.15) is 44.6 Å². The molecular formula is C34H34FN5O. The molecule has 3 heterocycles. The zero-order valence-electron chi connectivity index (χ0n) is 23.5. The standard InChI is InChI=1S/C34H34FN5O/c1-34(20-4-3-5-21-34)24-25-11-13-26(14-12-25)39-23-19-32(38-39)40(27-15-17-28(41-2)18-16-27)31-10-6-9-30(37-31)29-8-7-22-36-33(29)35/h6-19,22-23H,3-5,20-21,24H2,1-2H3. The van der Waals surface area contributed by atoms with Gasteiger partial charge in [0.05, 0.1) is 24.1 Å². The van der Waals surface area contributed by atoms with Crippen molar-refractivity contribution in [3.05, 3.63) is 109 Å². The van der Waals surface area contributed by atoms with Crippen molar-refractivity contribution in [2.75, 3.05) is 12.0 Å². The van der Waals surface area contributed by atoms with Crippen molar-refractivity contribution in [3.8, 4) is 22.7 Å². The molecule has 5 aromatic rings. The Bertz CT molecular complexity index is 1610. The van der Waals surface area contributed by atoms with E-state index in [2.05, 4.69) is 36.2 Å². The number of rotatable bonds is 8. The average molecular weight is 548 g/mol. The first-order valence-electron chi connectivity index (χ1n) is 14.2. The maximum Gasteiger partial charge on any atom is 0.222 e. The van der Waals surface area contributed by atoms with E-state index in [0.29, 0.717) is 28.3 Å². The van der Waals surface area contributed by atoms with Crippen molar-refractivity contribution in [3.63, 3.8) is 0 Å². The summed E-state index contributed by atoms with van der Waals surface area (Å²) in [7, 11) is 1.64. The van der Waals surface area contributed by atoms with Gasteiger partial charge in [0.1, 0.15) is 11.6 Å². The predicted octanol–water partition coefficient (Wildman–Crippen LogP) is 8.46. The van der Waals surface area contributed by atoms with Crippen LogP contribution in [0, 0.1) is 11.4 Å². The molecule has 0 bridgehead atoms. The minimum atomic E-state index is -0.557. The lowest BCUT2D eigenvalue weighted by Gasteiger charge is -2.33. The van der Waals surface area contributed by atoms with Crippen LogP contribution < -0.4 is 9.64 Å². The van der Waals surface area contributed by atoms with Crippen LogP contribution in [-0.4, -0.2) is 26.9 Å². The van der Waals surface area contributed by atoms with Gasteiger partial charge in [0.15, 0.2) is 5.82 Å². The number of anilines is 3. The molecule has 2 aromatic carbocycles. The Hall–Kier alpha value is -4.52. The first kappa shape index (κ1) is 26.7. The molecule has 0 spiro atoms. The van der Waals surface area contributed by atoms with Gasteiger partial charge >= 0.3 is 0 Å². The molecule has 6 rings (SSSR count). The lowest BCUT2D eigenvalue weighted by Crippen LogP contribution is -2.22. The normalized spacial score (nSPS) is 14.5. The predicted molar refractivity (Wildman–Crippen MR) is 161 cm³/mol. The van der Waals surface area contributed by atoms with Crippen LogP contribution in [0.25, 0.3) is 16.9 Å². The molecule has 3 aromatic heterocycles. The molecular weight excluding hydrogens is 513 g/mol. The second kappa shape index (κ2) is 11.5. The van der Waals surface area contributed by atoms with E-state index in [1.54, 1.807) is 25.3 Å². The zero-order valence-corrected chi connectivity index (χ0v) is 23.5. The maximum absolute atomic E-state index is 14.5. The molecule has 0 atom stereocenters. The van der Waals surface area contributed by atoms with Gasteiger partial charge in [-0.25, -0.2) is 14.6 Å². The Morgan fingerprint density at radius 3 is 2.39 bits per heavy atom. The third-order valence-corrected chi connectivity index (χ3v) is 8.03. The summed E-state index contributed by atoms with van der Waals surface area (Å²) in [5.74, 6) is 1.49. The van der Waals surface area contributed by atoms with Crippen LogP contribution in [-0.2, 0) is 6.42 Å². The van der Waals surface area contributed by atoms with Crippen molar-refractivity contribution in [1.29, 1.82) is 0 Å². The molecule has 1 aliphatic rings. The molecule has 1 fully saturated rings. The molecule has 1 saturated carbocycles. The van der Waals surface area contributed by atoms with Gasteiger partial charge in [0, 0.05) is 24.1 Å². The maximum atomic E-state index is 14.5. The number of halogens is 1. The fourth-order valence-electron chi connectivity index (χ4n) is 5.81. The molecule has 7 heteroatoms. The van der Waals surface area contributed by atoms with Gasteiger partial charge in [0.2, 0.25) is 5.95 Å². The Balaban J connectivity index is 1.32. The second-order valence-corrected chi connectivity index (χ2v) is 11.1. The SMILES string of the molecule is COc1ccc(N(c2cccc(-c3cccnc3F)n2)c2ccn(-c3ccc(CC4(C)CCCCC4)cc3)n2)cc1. The van der Waals surface area contributed by atoms with Crippen molar-refractivity contribution in [1.82, 2.24) is 19.7 Å². The molecule has 0 saturated heterocycles. The van der Waals surface area contributed by atoms with Crippen LogP contribution in [0.5, 0.6) is 5.75 Å². The highest BCUT2D eigenvalue weighted by Gasteiger charge is 2.27. The van der Waals surface area contributed by atoms with Crippen molar-refractivity contribution in [2.45, 2.75) is 45.4 Å². The number of hydrogen-bond donors (Lipinski definition) is 0. The molecule has 0 amide bonds. The topological polar surface area (TPSA) is 56.1 Å². The summed E-state index contributed by atoms with van der Waals surface area (Å²) in [6.07, 6.45) is 11.2. The highest BCUT2D eigenvalue weighted by Crippen LogP contribution is 2.39. The van der Waals surface area contributed by atoms with E-state index in [-0.39, 0.29) is 0 Å². The van der Waals surface area contributed by atoms with Crippen LogP contribution >= 0.6 is 0 Å². The second-order valence-electron chi connectivity index (χ2n) is 11.1. The number of pyridine rings is 2. The largest absolute Gasteiger partial charge is 0.497 e. The number of nitrogens with zero attached hydrogens (tertiary/aromatic N) is 5. The first-order valence-corrected chi connectivity index (χ1v) is 14.2. The minimum Gasteiger partial charge on any atom is -0.497 e. The smallest absolute Gasteiger partial charge is 0.222 e. The molecule has 41 heavy (non-hydrogen) atoms. The Morgan fingerprint density at radius 1 is 0.878 bits per heavy atom. The lowest BCUT2D eigenvalue weighted by molar-refractivity contribution is 0.215. The van der Waals surface area contributed by atoms with Crippen molar-refractivity contribution in [2.24, 2.45) is 5.41 Å². The van der Waals surface area contributed by atoms with Crippen molar-refractivity contribution < 1.29 is 9.13 Å². The van der Waals surface area contributed by atoms with E-state index in [0.717, 1.165) is 23.5 Å². The van der Waals surface area contributed by atoms with E-state index in [1.165, 1.54) is 43.9 Å². The summed E-state index contributed by atoms with van der Waals surface area (Å²) in [6.45, 7) is 2.43. The molecule has 0 radical (unpaired) electrons. The van der Waals surface area contributed by atoms with E-state index < -0.39 is 5.95 Å². The van der Waals surface area contributed by atoms with E-state index in [9.17, 15) is 4.39 Å². The lowest BCUT2D eigenvalue weighted by atomic mass is 9.72. The van der Waals surface area contributed by atoms with Gasteiger partial charge in [-0.05, 0) is 90.9 Å². The highest BCUT2D eigenvalue weighted by molar-refractivity contribution is 5.74. The zero-order chi connectivity index (χ0) is 28.2. The molecule has 0 aliphatic heterocycles. The summed E-state index contributed by atoms with van der Waals surface area (Å²) < 4.78 is 21.8. The molecule has 1 aliphatic carbocycles. The quantitative estimate of drug-likeness (QED) is 0.182. The third-order valence-electron chi connectivity index (χ3n) is 8.03. The number of aromatic nitrogens is 4. The first-order chi connectivity index (χ1) is 20.0.